The molecule has 0 heterocycles. The molecule has 5 saturated carbocycles. The monoisotopic (exact) mass is 307 g/mol. The van der Waals surface area contributed by atoms with Crippen molar-refractivity contribution in [3.8, 4) is 0 Å². The molecule has 5 rings (SSSR count). The van der Waals surface area contributed by atoms with Crippen molar-refractivity contribution in [2.75, 3.05) is 5.75 Å². The molecule has 0 aliphatic heterocycles. The average molecular weight is 308 g/mol. The van der Waals surface area contributed by atoms with Crippen LogP contribution in [0.15, 0.2) is 0 Å². The second kappa shape index (κ2) is 5.47. The van der Waals surface area contributed by atoms with Crippen LogP contribution >= 0.6 is 11.8 Å². The first-order valence-corrected chi connectivity index (χ1v) is 10.1. The Kier molecular flexibility index (Phi) is 3.76. The first-order chi connectivity index (χ1) is 10.2. The second-order valence-electron chi connectivity index (χ2n) is 8.26. The standard InChI is InChI=1S/C18H29NOS/c1-2-21-16-4-3-15(8-16)19-17(20)18-9-12-5-13(10-18)7-14(6-12)11-18/h12-16H,2-11H2,1H3,(H,19,20)/t12?,13?,14?,15-,16-,18?/m1/s1. The van der Waals surface area contributed by atoms with Gasteiger partial charge in [0.25, 0.3) is 0 Å². The van der Waals surface area contributed by atoms with Gasteiger partial charge in [-0.05, 0) is 81.3 Å². The summed E-state index contributed by atoms with van der Waals surface area (Å²) >= 11 is 2.08. The largest absolute Gasteiger partial charge is 0.353 e. The van der Waals surface area contributed by atoms with Crippen LogP contribution in [-0.4, -0.2) is 23.0 Å². The smallest absolute Gasteiger partial charge is 0.226 e. The van der Waals surface area contributed by atoms with E-state index < -0.39 is 0 Å². The van der Waals surface area contributed by atoms with Crippen LogP contribution in [0.4, 0.5) is 0 Å². The zero-order valence-corrected chi connectivity index (χ0v) is 14.1. The molecule has 5 aliphatic rings. The van der Waals surface area contributed by atoms with Crippen molar-refractivity contribution >= 4 is 17.7 Å². The molecule has 1 amide bonds. The summed E-state index contributed by atoms with van der Waals surface area (Å²) in [6.07, 6.45) is 11.6. The molecule has 118 valence electrons. The molecule has 0 aromatic carbocycles. The van der Waals surface area contributed by atoms with Crippen LogP contribution in [0.25, 0.3) is 0 Å². The number of nitrogens with one attached hydrogen (secondary N) is 1. The molecule has 0 radical (unpaired) electrons. The van der Waals surface area contributed by atoms with Crippen molar-refractivity contribution in [2.24, 2.45) is 23.2 Å². The molecule has 5 aliphatic carbocycles. The van der Waals surface area contributed by atoms with Gasteiger partial charge in [-0.1, -0.05) is 6.92 Å². The summed E-state index contributed by atoms with van der Waals surface area (Å²) < 4.78 is 0. The van der Waals surface area contributed by atoms with Gasteiger partial charge in [-0.15, -0.1) is 0 Å². The first kappa shape index (κ1) is 14.4. The molecule has 0 spiro atoms. The number of amides is 1. The van der Waals surface area contributed by atoms with Crippen molar-refractivity contribution < 1.29 is 4.79 Å². The molecule has 21 heavy (non-hydrogen) atoms. The van der Waals surface area contributed by atoms with Crippen LogP contribution in [0.1, 0.15) is 64.7 Å². The lowest BCUT2D eigenvalue weighted by Gasteiger charge is -2.55. The zero-order chi connectivity index (χ0) is 14.4. The van der Waals surface area contributed by atoms with E-state index in [1.54, 1.807) is 0 Å². The van der Waals surface area contributed by atoms with Gasteiger partial charge in [0.05, 0.1) is 0 Å². The predicted molar refractivity (Wildman–Crippen MR) is 88.3 cm³/mol. The van der Waals surface area contributed by atoms with Gasteiger partial charge in [0, 0.05) is 16.7 Å². The molecule has 5 fully saturated rings. The van der Waals surface area contributed by atoms with E-state index in [0.717, 1.165) is 23.0 Å². The molecule has 0 aromatic rings. The van der Waals surface area contributed by atoms with Gasteiger partial charge >= 0.3 is 0 Å². The molecular formula is C18H29NOS. The summed E-state index contributed by atoms with van der Waals surface area (Å²) in [4.78, 5) is 13.0. The van der Waals surface area contributed by atoms with E-state index in [0.29, 0.717) is 11.9 Å². The molecule has 0 unspecified atom stereocenters. The Morgan fingerprint density at radius 3 is 2.24 bits per heavy atom. The quantitative estimate of drug-likeness (QED) is 0.851. The fourth-order valence-electron chi connectivity index (χ4n) is 6.19. The predicted octanol–water partition coefficient (Wildman–Crippen LogP) is 3.99. The Labute approximate surface area is 133 Å². The van der Waals surface area contributed by atoms with Gasteiger partial charge in [-0.3, -0.25) is 4.79 Å². The number of carbonyl (C=O) groups is 1. The topological polar surface area (TPSA) is 29.1 Å². The van der Waals surface area contributed by atoms with E-state index >= 15 is 0 Å². The van der Waals surface area contributed by atoms with E-state index in [-0.39, 0.29) is 5.41 Å². The summed E-state index contributed by atoms with van der Waals surface area (Å²) in [7, 11) is 0. The third-order valence-corrected chi connectivity index (χ3v) is 7.87. The number of carbonyl (C=O) groups excluding carboxylic acids is 1. The number of hydrogen-bond donors (Lipinski definition) is 1. The van der Waals surface area contributed by atoms with Crippen LogP contribution in [0.2, 0.25) is 0 Å². The fourth-order valence-corrected chi connectivity index (χ4v) is 7.33. The van der Waals surface area contributed by atoms with Crippen molar-refractivity contribution in [3.63, 3.8) is 0 Å². The summed E-state index contributed by atoms with van der Waals surface area (Å²) in [5.41, 5.74) is 0.0464. The molecule has 0 aromatic heterocycles. The van der Waals surface area contributed by atoms with Crippen LogP contribution in [-0.2, 0) is 4.79 Å². The summed E-state index contributed by atoms with van der Waals surface area (Å²) in [5, 5.41) is 4.26. The van der Waals surface area contributed by atoms with Gasteiger partial charge in [0.15, 0.2) is 0 Å². The maximum atomic E-state index is 13.0. The molecule has 4 bridgehead atoms. The van der Waals surface area contributed by atoms with Crippen LogP contribution in [0, 0.1) is 23.2 Å². The third kappa shape index (κ3) is 2.64. The van der Waals surface area contributed by atoms with E-state index in [2.05, 4.69) is 24.0 Å². The normalized spacial score (nSPS) is 47.8. The number of rotatable bonds is 4. The minimum atomic E-state index is 0.0464. The lowest BCUT2D eigenvalue weighted by molar-refractivity contribution is -0.147. The highest BCUT2D eigenvalue weighted by molar-refractivity contribution is 7.99. The van der Waals surface area contributed by atoms with E-state index in [9.17, 15) is 4.79 Å². The summed E-state index contributed by atoms with van der Waals surface area (Å²) in [6, 6.07) is 0.467. The highest BCUT2D eigenvalue weighted by atomic mass is 32.2. The van der Waals surface area contributed by atoms with E-state index in [1.165, 1.54) is 63.5 Å². The van der Waals surface area contributed by atoms with Gasteiger partial charge in [-0.25, -0.2) is 0 Å². The lowest BCUT2D eigenvalue weighted by Crippen LogP contribution is -2.55. The minimum Gasteiger partial charge on any atom is -0.353 e. The minimum absolute atomic E-state index is 0.0464. The third-order valence-electron chi connectivity index (χ3n) is 6.64. The van der Waals surface area contributed by atoms with E-state index in [1.807, 2.05) is 0 Å². The van der Waals surface area contributed by atoms with Crippen molar-refractivity contribution in [1.82, 2.24) is 5.32 Å². The average Bonchev–Trinajstić information content (AvgIpc) is 2.85. The molecule has 0 saturated heterocycles. The zero-order valence-electron chi connectivity index (χ0n) is 13.3. The lowest BCUT2D eigenvalue weighted by atomic mass is 9.49. The summed E-state index contributed by atoms with van der Waals surface area (Å²) in [6.45, 7) is 2.24. The molecular weight excluding hydrogens is 278 g/mol. The molecule has 2 nitrogen and oxygen atoms in total. The molecule has 1 N–H and O–H groups in total. The SMILES string of the molecule is CCS[C@@H]1CC[C@@H](NC(=O)C23CC4CC(CC(C4)C2)C3)C1. The van der Waals surface area contributed by atoms with Gasteiger partial charge in [-0.2, -0.15) is 11.8 Å². The van der Waals surface area contributed by atoms with Gasteiger partial charge in [0.2, 0.25) is 5.91 Å². The Morgan fingerprint density at radius 1 is 1.05 bits per heavy atom. The van der Waals surface area contributed by atoms with Gasteiger partial charge in [0.1, 0.15) is 0 Å². The second-order valence-corrected chi connectivity index (χ2v) is 9.84. The van der Waals surface area contributed by atoms with E-state index in [4.69, 9.17) is 0 Å². The van der Waals surface area contributed by atoms with Crippen molar-refractivity contribution in [2.45, 2.75) is 76.0 Å². The highest BCUT2D eigenvalue weighted by Crippen LogP contribution is 2.60. The maximum absolute atomic E-state index is 13.0. The highest BCUT2D eigenvalue weighted by Gasteiger charge is 2.54. The van der Waals surface area contributed by atoms with Gasteiger partial charge < -0.3 is 5.32 Å². The molecule has 2 atom stereocenters. The van der Waals surface area contributed by atoms with Crippen LogP contribution < -0.4 is 5.32 Å². The number of thioether (sulfide) groups is 1. The van der Waals surface area contributed by atoms with Crippen molar-refractivity contribution in [3.05, 3.63) is 0 Å². The molecule has 3 heteroatoms. The maximum Gasteiger partial charge on any atom is 0.226 e. The Balaban J connectivity index is 1.39. The Bertz CT molecular complexity index is 386. The van der Waals surface area contributed by atoms with Crippen LogP contribution in [0.5, 0.6) is 0 Å². The fraction of sp³-hybridized carbons (Fsp3) is 0.944. The van der Waals surface area contributed by atoms with Crippen LogP contribution in [0.3, 0.4) is 0 Å². The Morgan fingerprint density at radius 2 is 1.67 bits per heavy atom. The Hall–Kier alpha value is -0.180. The number of hydrogen-bond acceptors (Lipinski definition) is 2. The summed E-state index contributed by atoms with van der Waals surface area (Å²) in [5.74, 6) is 4.26. The first-order valence-electron chi connectivity index (χ1n) is 9.09. The van der Waals surface area contributed by atoms with Crippen molar-refractivity contribution in [1.29, 1.82) is 0 Å².